The maximum Gasteiger partial charge on any atom is 0.387 e. The van der Waals surface area contributed by atoms with Gasteiger partial charge in [0.05, 0.1) is 59.1 Å². The molecule has 16 heteroatoms. The molecular weight excluding hydrogens is 624 g/mol. The van der Waals surface area contributed by atoms with Crippen LogP contribution in [0.1, 0.15) is 32.9 Å². The number of benzene rings is 1. The number of ether oxygens (including phenoxy) is 4. The van der Waals surface area contributed by atoms with Gasteiger partial charge in [0.2, 0.25) is 10.0 Å². The number of pyridine rings is 1. The molecule has 2 rings (SSSR count). The Morgan fingerprint density at radius 1 is 1.20 bits per heavy atom. The van der Waals surface area contributed by atoms with E-state index in [1.165, 1.54) is 45.7 Å². The van der Waals surface area contributed by atoms with Crippen molar-refractivity contribution >= 4 is 43.7 Å². The zero-order valence-corrected chi connectivity index (χ0v) is 26.9. The van der Waals surface area contributed by atoms with Crippen molar-refractivity contribution in [3.05, 3.63) is 60.1 Å². The van der Waals surface area contributed by atoms with Gasteiger partial charge in [-0.25, -0.2) is 18.2 Å². The van der Waals surface area contributed by atoms with Gasteiger partial charge in [-0.3, -0.25) is 13.5 Å². The van der Waals surface area contributed by atoms with Gasteiger partial charge in [-0.15, -0.1) is 0 Å². The average molecular weight is 662 g/mol. The molecule has 0 amide bonds. The number of aliphatic imine (C=N–C) groups is 1. The molecule has 1 atom stereocenters. The zero-order chi connectivity index (χ0) is 33.3. The molecule has 44 heavy (non-hydrogen) atoms. The Kier molecular flexibility index (Phi) is 16.6. The number of rotatable bonds is 17. The highest BCUT2D eigenvalue weighted by molar-refractivity contribution is 7.97. The summed E-state index contributed by atoms with van der Waals surface area (Å²) in [4.78, 5) is 19.0. The highest BCUT2D eigenvalue weighted by atomic mass is 32.2. The fourth-order valence-electron chi connectivity index (χ4n) is 3.36. The largest absolute Gasteiger partial charge is 0.493 e. The van der Waals surface area contributed by atoms with Crippen LogP contribution in [0.2, 0.25) is 0 Å². The van der Waals surface area contributed by atoms with E-state index in [1.807, 2.05) is 13.8 Å². The van der Waals surface area contributed by atoms with Crippen LogP contribution in [0.5, 0.6) is 17.2 Å². The predicted molar refractivity (Wildman–Crippen MR) is 165 cm³/mol. The van der Waals surface area contributed by atoms with Crippen molar-refractivity contribution in [1.82, 2.24) is 4.98 Å². The molecule has 0 radical (unpaired) electrons. The number of aliphatic carboxylic acids is 1. The SMILES string of the molecule is CC.CC/C=C(\C=C/CS(=O)(=O)N(C)c1ccc(OC(F)F)cc1N=CS(=O)Cc1nccc(OC)c1OC)OCC(=O)O. The quantitative estimate of drug-likeness (QED) is 0.105. The lowest BCUT2D eigenvalue weighted by Gasteiger charge is -2.21. The van der Waals surface area contributed by atoms with Crippen molar-refractivity contribution in [3.63, 3.8) is 0 Å². The Morgan fingerprint density at radius 2 is 1.91 bits per heavy atom. The van der Waals surface area contributed by atoms with Crippen LogP contribution in [-0.2, 0) is 36.1 Å². The first-order chi connectivity index (χ1) is 20.9. The third kappa shape index (κ3) is 12.3. The highest BCUT2D eigenvalue weighted by Gasteiger charge is 2.21. The van der Waals surface area contributed by atoms with Gasteiger partial charge in [0.15, 0.2) is 18.1 Å². The number of carboxylic acid groups (broad SMARTS) is 1. The molecule has 1 N–H and O–H groups in total. The lowest BCUT2D eigenvalue weighted by molar-refractivity contribution is -0.140. The summed E-state index contributed by atoms with van der Waals surface area (Å²) in [6, 6.07) is 5.02. The van der Waals surface area contributed by atoms with Crippen molar-refractivity contribution < 1.29 is 50.3 Å². The summed E-state index contributed by atoms with van der Waals surface area (Å²) in [7, 11) is -1.77. The minimum Gasteiger partial charge on any atom is -0.493 e. The van der Waals surface area contributed by atoms with Gasteiger partial charge in [0, 0.05) is 25.4 Å². The van der Waals surface area contributed by atoms with Gasteiger partial charge in [-0.2, -0.15) is 8.78 Å². The third-order valence-electron chi connectivity index (χ3n) is 5.24. The van der Waals surface area contributed by atoms with E-state index >= 15 is 0 Å². The van der Waals surface area contributed by atoms with E-state index in [1.54, 1.807) is 19.1 Å². The van der Waals surface area contributed by atoms with Crippen molar-refractivity contribution in [3.8, 4) is 17.2 Å². The number of methoxy groups -OCH3 is 2. The lowest BCUT2D eigenvalue weighted by Crippen LogP contribution is -2.28. The molecule has 0 saturated carbocycles. The first kappa shape index (κ1) is 38.0. The monoisotopic (exact) mass is 661 g/mol. The summed E-state index contributed by atoms with van der Waals surface area (Å²) in [5, 5.41) is 8.80. The molecule has 1 unspecified atom stereocenters. The molecular formula is C28H37F2N3O9S2. The molecule has 0 aliphatic heterocycles. The van der Waals surface area contributed by atoms with Crippen LogP contribution in [0.4, 0.5) is 20.2 Å². The number of hydrogen-bond acceptors (Lipinski definition) is 10. The van der Waals surface area contributed by atoms with Gasteiger partial charge in [0.25, 0.3) is 0 Å². The van der Waals surface area contributed by atoms with E-state index in [-0.39, 0.29) is 34.4 Å². The molecule has 0 bridgehead atoms. The Balaban J connectivity index is 0.00000474. The molecule has 1 aromatic heterocycles. The normalized spacial score (nSPS) is 12.5. The first-order valence-corrected chi connectivity index (χ1v) is 16.1. The highest BCUT2D eigenvalue weighted by Crippen LogP contribution is 2.34. The number of aromatic nitrogens is 1. The second-order valence-electron chi connectivity index (χ2n) is 8.13. The number of alkyl halides is 2. The van der Waals surface area contributed by atoms with Gasteiger partial charge < -0.3 is 24.1 Å². The maximum atomic E-state index is 13.1. The smallest absolute Gasteiger partial charge is 0.387 e. The van der Waals surface area contributed by atoms with Crippen LogP contribution in [0, 0.1) is 0 Å². The van der Waals surface area contributed by atoms with Crippen molar-refractivity contribution in [2.75, 3.05) is 37.9 Å². The molecule has 0 spiro atoms. The van der Waals surface area contributed by atoms with E-state index < -0.39 is 45.8 Å². The summed E-state index contributed by atoms with van der Waals surface area (Å²) in [6.07, 6.45) is 6.15. The molecule has 0 saturated heterocycles. The molecule has 0 fully saturated rings. The molecule has 0 aliphatic carbocycles. The molecule has 1 heterocycles. The zero-order valence-electron chi connectivity index (χ0n) is 25.2. The number of carboxylic acids is 1. The van der Waals surface area contributed by atoms with Crippen LogP contribution < -0.4 is 18.5 Å². The fourth-order valence-corrected chi connectivity index (χ4v) is 5.16. The van der Waals surface area contributed by atoms with Crippen LogP contribution in [0.15, 0.2) is 59.4 Å². The Labute approximate surface area is 258 Å². The number of anilines is 1. The van der Waals surface area contributed by atoms with Crippen molar-refractivity contribution in [2.45, 2.75) is 39.6 Å². The number of nitrogens with zero attached hydrogens (tertiary/aromatic N) is 3. The average Bonchev–Trinajstić information content (AvgIpc) is 2.99. The Morgan fingerprint density at radius 3 is 2.50 bits per heavy atom. The number of sulfonamides is 1. The topological polar surface area (TPSA) is 154 Å². The Bertz CT molecular complexity index is 1450. The van der Waals surface area contributed by atoms with E-state index in [0.717, 1.165) is 22.0 Å². The lowest BCUT2D eigenvalue weighted by atomic mass is 10.2. The maximum absolute atomic E-state index is 13.1. The number of allylic oxidation sites excluding steroid dienone is 2. The summed E-state index contributed by atoms with van der Waals surface area (Å²) in [5.74, 6) is -1.30. The fraction of sp³-hybridized carbons (Fsp3) is 0.393. The predicted octanol–water partition coefficient (Wildman–Crippen LogP) is 5.05. The first-order valence-electron chi connectivity index (χ1n) is 13.2. The molecule has 0 aliphatic rings. The molecule has 12 nitrogen and oxygen atoms in total. The summed E-state index contributed by atoms with van der Waals surface area (Å²) in [5.41, 5.74) is 1.21. The van der Waals surface area contributed by atoms with Gasteiger partial charge in [-0.1, -0.05) is 26.8 Å². The number of hydrogen-bond donors (Lipinski definition) is 1. The van der Waals surface area contributed by atoms with Crippen LogP contribution in [0.3, 0.4) is 0 Å². The second kappa shape index (κ2) is 19.3. The van der Waals surface area contributed by atoms with E-state index in [9.17, 15) is 26.2 Å². The second-order valence-corrected chi connectivity index (χ2v) is 11.4. The molecule has 1 aromatic carbocycles. The van der Waals surface area contributed by atoms with Crippen LogP contribution in [0.25, 0.3) is 0 Å². The standard InChI is InChI=1S/C26H31F2N3O9S2.C2H6/c1-5-7-18(39-15-24(32)33)8-6-13-42(35,36)31(2)22-10-9-19(40-26(27)28)14-20(22)30-17-41(34)16-21-25(38-4)23(37-3)11-12-29-21;1-2/h6-12,14,17,26H,5,13,15-16H2,1-4H3,(H,32,33);1-2H3/b8-6-,18-7+,30-17?;. The summed E-state index contributed by atoms with van der Waals surface area (Å²) in [6.45, 7) is 2.05. The van der Waals surface area contributed by atoms with Gasteiger partial charge in [-0.05, 0) is 30.7 Å². The van der Waals surface area contributed by atoms with E-state index in [2.05, 4.69) is 14.7 Å². The molecule has 244 valence electrons. The minimum absolute atomic E-state index is 0.0122. The summed E-state index contributed by atoms with van der Waals surface area (Å²) < 4.78 is 85.6. The van der Waals surface area contributed by atoms with Gasteiger partial charge in [0.1, 0.15) is 11.5 Å². The van der Waals surface area contributed by atoms with Crippen LogP contribution in [-0.4, -0.2) is 74.5 Å². The molecule has 2 aromatic rings. The van der Waals surface area contributed by atoms with Gasteiger partial charge >= 0.3 is 12.6 Å². The van der Waals surface area contributed by atoms with E-state index in [4.69, 9.17) is 19.3 Å². The number of carbonyl (C=O) groups is 1. The Hall–Kier alpha value is -4.05. The summed E-state index contributed by atoms with van der Waals surface area (Å²) >= 11 is 0. The van der Waals surface area contributed by atoms with Crippen molar-refractivity contribution in [1.29, 1.82) is 0 Å². The van der Waals surface area contributed by atoms with E-state index in [0.29, 0.717) is 17.9 Å². The van der Waals surface area contributed by atoms with Crippen LogP contribution >= 0.6 is 0 Å². The number of halogens is 2. The van der Waals surface area contributed by atoms with Crippen molar-refractivity contribution in [2.24, 2.45) is 4.99 Å². The third-order valence-corrected chi connectivity index (χ3v) is 7.78. The minimum atomic E-state index is -4.05.